The van der Waals surface area contributed by atoms with Crippen molar-refractivity contribution in [3.05, 3.63) is 47.2 Å². The topological polar surface area (TPSA) is 54.3 Å². The zero-order valence-corrected chi connectivity index (χ0v) is 16.2. The number of hydrogen-bond donors (Lipinski definition) is 1. The van der Waals surface area contributed by atoms with Crippen molar-refractivity contribution in [2.45, 2.75) is 31.8 Å². The number of hydrogen-bond acceptors (Lipinski definition) is 3. The molecular weight excluding hydrogens is 340 g/mol. The van der Waals surface area contributed by atoms with E-state index in [1.165, 1.54) is 12.7 Å². The monoisotopic (exact) mass is 367 g/mol. The quantitative estimate of drug-likeness (QED) is 0.670. The predicted octanol–water partition coefficient (Wildman–Crippen LogP) is 3.18. The largest absolute Gasteiger partial charge is 0.467 e. The molecule has 0 spiro atoms. The maximum Gasteiger partial charge on any atom is 0.344 e. The number of benzene rings is 1. The van der Waals surface area contributed by atoms with Gasteiger partial charge in [0.1, 0.15) is 13.1 Å². The van der Waals surface area contributed by atoms with Crippen molar-refractivity contribution in [2.24, 2.45) is 5.92 Å². The Balaban J connectivity index is 1.95. The SMILES string of the molecule is CCC1=CC2C[N+](=C1)CCc1c([nH]c3ccccc13)C(OC)(C(=O)OC)C2. The molecule has 142 valence electrons. The van der Waals surface area contributed by atoms with E-state index in [1.807, 2.05) is 18.2 Å². The molecule has 2 bridgehead atoms. The summed E-state index contributed by atoms with van der Waals surface area (Å²) < 4.78 is 13.6. The highest BCUT2D eigenvalue weighted by Gasteiger charge is 2.48. The molecule has 2 unspecified atom stereocenters. The number of nitrogens with one attached hydrogen (secondary N) is 1. The summed E-state index contributed by atoms with van der Waals surface area (Å²) in [7, 11) is 3.05. The molecule has 1 aromatic heterocycles. The molecule has 2 aliphatic heterocycles. The highest BCUT2D eigenvalue weighted by Crippen LogP contribution is 2.40. The molecular formula is C22H27N2O3+. The molecule has 4 rings (SSSR count). The lowest BCUT2D eigenvalue weighted by atomic mass is 9.84. The van der Waals surface area contributed by atoms with Gasteiger partial charge in [0.05, 0.1) is 12.8 Å². The fourth-order valence-corrected chi connectivity index (χ4v) is 4.63. The fraction of sp³-hybridized carbons (Fsp3) is 0.455. The van der Waals surface area contributed by atoms with Crippen LogP contribution in [0.3, 0.4) is 0 Å². The Morgan fingerprint density at radius 2 is 2.15 bits per heavy atom. The second-order valence-electron chi connectivity index (χ2n) is 7.48. The van der Waals surface area contributed by atoms with Gasteiger partial charge >= 0.3 is 5.97 Å². The molecule has 2 atom stereocenters. The van der Waals surface area contributed by atoms with Gasteiger partial charge in [-0.25, -0.2) is 9.37 Å². The van der Waals surface area contributed by atoms with Crippen LogP contribution < -0.4 is 0 Å². The van der Waals surface area contributed by atoms with Crippen LogP contribution >= 0.6 is 0 Å². The zero-order valence-electron chi connectivity index (χ0n) is 16.2. The molecule has 0 fully saturated rings. The summed E-state index contributed by atoms with van der Waals surface area (Å²) in [6.45, 7) is 3.99. The summed E-state index contributed by atoms with van der Waals surface area (Å²) in [5.74, 6) is -0.117. The first kappa shape index (κ1) is 18.0. The maximum atomic E-state index is 13.0. The first-order valence-corrected chi connectivity index (χ1v) is 9.64. The second kappa shape index (κ2) is 6.97. The van der Waals surface area contributed by atoms with E-state index in [0.29, 0.717) is 6.42 Å². The number of ether oxygens (including phenoxy) is 2. The molecule has 0 aliphatic carbocycles. The van der Waals surface area contributed by atoms with E-state index >= 15 is 0 Å². The van der Waals surface area contributed by atoms with Crippen LogP contribution in [0.2, 0.25) is 0 Å². The molecule has 1 aromatic carbocycles. The Morgan fingerprint density at radius 3 is 2.89 bits per heavy atom. The molecule has 2 aromatic rings. The first-order valence-electron chi connectivity index (χ1n) is 9.64. The second-order valence-corrected chi connectivity index (χ2v) is 7.48. The van der Waals surface area contributed by atoms with Crippen molar-refractivity contribution >= 4 is 23.1 Å². The summed E-state index contributed by atoms with van der Waals surface area (Å²) in [5, 5.41) is 1.15. The van der Waals surface area contributed by atoms with Gasteiger partial charge in [0.15, 0.2) is 6.21 Å². The number of aromatic amines is 1. The van der Waals surface area contributed by atoms with Crippen LogP contribution in [0.25, 0.3) is 10.9 Å². The van der Waals surface area contributed by atoms with Crippen LogP contribution in [0, 0.1) is 5.92 Å². The Bertz CT molecular complexity index is 940. The highest BCUT2D eigenvalue weighted by molar-refractivity contribution is 5.89. The summed E-state index contributed by atoms with van der Waals surface area (Å²) >= 11 is 0. The van der Waals surface area contributed by atoms with Crippen molar-refractivity contribution in [3.63, 3.8) is 0 Å². The number of carbonyl (C=O) groups is 1. The highest BCUT2D eigenvalue weighted by atomic mass is 16.6. The van der Waals surface area contributed by atoms with E-state index in [9.17, 15) is 4.79 Å². The summed E-state index contributed by atoms with van der Waals surface area (Å²) in [5.41, 5.74) is 3.21. The van der Waals surface area contributed by atoms with Crippen LogP contribution in [-0.4, -0.2) is 49.1 Å². The number of nitrogens with zero attached hydrogens (tertiary/aromatic N) is 1. The van der Waals surface area contributed by atoms with Crippen LogP contribution in [0.1, 0.15) is 31.0 Å². The van der Waals surface area contributed by atoms with Gasteiger partial charge in [0.2, 0.25) is 5.60 Å². The number of allylic oxidation sites excluding steroid dienone is 1. The minimum atomic E-state index is -1.13. The van der Waals surface area contributed by atoms with Gasteiger partial charge in [0, 0.05) is 42.3 Å². The van der Waals surface area contributed by atoms with Crippen LogP contribution in [0.15, 0.2) is 35.9 Å². The molecule has 0 saturated heterocycles. The third-order valence-electron chi connectivity index (χ3n) is 5.96. The van der Waals surface area contributed by atoms with Gasteiger partial charge in [0.25, 0.3) is 0 Å². The number of aromatic nitrogens is 1. The van der Waals surface area contributed by atoms with Crippen LogP contribution in [-0.2, 0) is 26.3 Å². The zero-order chi connectivity index (χ0) is 19.0. The Morgan fingerprint density at radius 1 is 1.33 bits per heavy atom. The van der Waals surface area contributed by atoms with E-state index in [0.717, 1.165) is 48.1 Å². The predicted molar refractivity (Wildman–Crippen MR) is 105 cm³/mol. The number of methoxy groups -OCH3 is 2. The van der Waals surface area contributed by atoms with Gasteiger partial charge in [-0.15, -0.1) is 0 Å². The number of carbonyl (C=O) groups excluding carboxylic acids is 1. The minimum absolute atomic E-state index is 0.223. The third kappa shape index (κ3) is 2.90. The summed E-state index contributed by atoms with van der Waals surface area (Å²) in [6, 6.07) is 8.21. The number of esters is 1. The molecule has 5 heteroatoms. The molecule has 1 N–H and O–H groups in total. The van der Waals surface area contributed by atoms with E-state index in [1.54, 1.807) is 7.11 Å². The number of H-pyrrole nitrogens is 1. The Kier molecular flexibility index (Phi) is 4.64. The third-order valence-corrected chi connectivity index (χ3v) is 5.96. The molecule has 0 radical (unpaired) electrons. The Labute approximate surface area is 159 Å². The van der Waals surface area contributed by atoms with Gasteiger partial charge in [-0.2, -0.15) is 0 Å². The van der Waals surface area contributed by atoms with E-state index in [4.69, 9.17) is 9.47 Å². The minimum Gasteiger partial charge on any atom is -0.467 e. The molecule has 3 heterocycles. The van der Waals surface area contributed by atoms with Crippen LogP contribution in [0.4, 0.5) is 0 Å². The number of para-hydroxylation sites is 1. The molecule has 2 aliphatic rings. The van der Waals surface area contributed by atoms with Crippen molar-refractivity contribution in [2.75, 3.05) is 27.3 Å². The average Bonchev–Trinajstić information content (AvgIpc) is 3.09. The Hall–Kier alpha value is -2.40. The lowest BCUT2D eigenvalue weighted by Crippen LogP contribution is -2.42. The van der Waals surface area contributed by atoms with E-state index in [-0.39, 0.29) is 11.9 Å². The average molecular weight is 367 g/mol. The summed E-state index contributed by atoms with van der Waals surface area (Å²) in [4.78, 5) is 16.5. The number of fused-ring (bicyclic) bond motifs is 5. The lowest BCUT2D eigenvalue weighted by Gasteiger charge is -2.31. The van der Waals surface area contributed by atoms with Gasteiger partial charge in [-0.05, 0) is 18.1 Å². The standard InChI is InChI=1S/C22H27N2O3/c1-4-15-11-16-12-22(27-3,21(25)26-2)20-18(9-10-24(13-15)14-16)17-7-5-6-8-19(17)23-20/h5-8,11,13,16,23H,4,9-10,12,14H2,1-3H3/q+1. The van der Waals surface area contributed by atoms with E-state index in [2.05, 4.69) is 34.8 Å². The van der Waals surface area contributed by atoms with Crippen molar-refractivity contribution in [1.29, 1.82) is 0 Å². The fourth-order valence-electron chi connectivity index (χ4n) is 4.63. The van der Waals surface area contributed by atoms with Crippen LogP contribution in [0.5, 0.6) is 0 Å². The molecule has 0 saturated carbocycles. The smallest absolute Gasteiger partial charge is 0.344 e. The van der Waals surface area contributed by atoms with Gasteiger partial charge in [-0.3, -0.25) is 0 Å². The van der Waals surface area contributed by atoms with Gasteiger partial charge < -0.3 is 14.5 Å². The molecule has 27 heavy (non-hydrogen) atoms. The van der Waals surface area contributed by atoms with E-state index < -0.39 is 5.60 Å². The maximum absolute atomic E-state index is 13.0. The van der Waals surface area contributed by atoms with Gasteiger partial charge in [-0.1, -0.05) is 31.2 Å². The lowest BCUT2D eigenvalue weighted by molar-refractivity contribution is -0.529. The van der Waals surface area contributed by atoms with Crippen molar-refractivity contribution in [3.8, 4) is 0 Å². The first-order chi connectivity index (χ1) is 13.1. The summed E-state index contributed by atoms with van der Waals surface area (Å²) in [6.07, 6.45) is 6.95. The van der Waals surface area contributed by atoms with Crippen molar-refractivity contribution in [1.82, 2.24) is 4.98 Å². The molecule has 5 nitrogen and oxygen atoms in total. The van der Waals surface area contributed by atoms with Crippen molar-refractivity contribution < 1.29 is 18.8 Å². The number of rotatable bonds is 3. The normalized spacial score (nSPS) is 24.9. The molecule has 0 amide bonds.